The van der Waals surface area contributed by atoms with Crippen LogP contribution in [0.2, 0.25) is 0 Å². The molecule has 1 aromatic heterocycles. The molecule has 4 nitrogen and oxygen atoms in total. The number of hydrogen-bond donors (Lipinski definition) is 1. The van der Waals surface area contributed by atoms with Crippen molar-refractivity contribution in [3.05, 3.63) is 42.0 Å². The van der Waals surface area contributed by atoms with Crippen LogP contribution in [-0.2, 0) is 11.2 Å². The van der Waals surface area contributed by atoms with Gasteiger partial charge >= 0.3 is 0 Å². The molecule has 0 unspecified atom stereocenters. The number of aryl methyl sites for hydroxylation is 1. The van der Waals surface area contributed by atoms with Crippen molar-refractivity contribution in [1.29, 1.82) is 0 Å². The van der Waals surface area contributed by atoms with Gasteiger partial charge in [0.15, 0.2) is 5.89 Å². The zero-order chi connectivity index (χ0) is 16.2. The maximum atomic E-state index is 11.9. The smallest absolute Gasteiger partial charge is 0.220 e. The number of carbonyl (C=O) groups excluding carboxylic acids is 1. The standard InChI is InChI=1S/C18H24N2O2/c1-13-20-17(14-8-6-5-7-9-14)15(22-13)10-11-19-16(21)12-18(2,3)4/h5-9H,10-12H2,1-4H3,(H,19,21). The monoisotopic (exact) mass is 300 g/mol. The lowest BCUT2D eigenvalue weighted by Crippen LogP contribution is -2.29. The van der Waals surface area contributed by atoms with Crippen molar-refractivity contribution in [3.8, 4) is 11.3 Å². The number of rotatable bonds is 5. The van der Waals surface area contributed by atoms with Crippen LogP contribution in [0.3, 0.4) is 0 Å². The minimum absolute atomic E-state index is 0.00209. The van der Waals surface area contributed by atoms with Gasteiger partial charge in [0.05, 0.1) is 0 Å². The van der Waals surface area contributed by atoms with E-state index < -0.39 is 0 Å². The molecule has 1 N–H and O–H groups in total. The van der Waals surface area contributed by atoms with Crippen molar-refractivity contribution in [2.75, 3.05) is 6.54 Å². The van der Waals surface area contributed by atoms with Crippen LogP contribution < -0.4 is 5.32 Å². The molecule has 0 aliphatic heterocycles. The summed E-state index contributed by atoms with van der Waals surface area (Å²) in [5.74, 6) is 1.54. The Morgan fingerprint density at radius 1 is 1.23 bits per heavy atom. The van der Waals surface area contributed by atoms with Crippen LogP contribution in [0.5, 0.6) is 0 Å². The summed E-state index contributed by atoms with van der Waals surface area (Å²) in [7, 11) is 0. The molecule has 1 heterocycles. The van der Waals surface area contributed by atoms with Crippen molar-refractivity contribution in [2.24, 2.45) is 5.41 Å². The van der Waals surface area contributed by atoms with Crippen LogP contribution in [-0.4, -0.2) is 17.4 Å². The molecule has 0 spiro atoms. The number of carbonyl (C=O) groups is 1. The third-order valence-corrected chi connectivity index (χ3v) is 3.22. The van der Waals surface area contributed by atoms with E-state index in [1.807, 2.05) is 37.3 Å². The normalized spacial score (nSPS) is 11.5. The van der Waals surface area contributed by atoms with E-state index in [4.69, 9.17) is 4.42 Å². The Balaban J connectivity index is 1.98. The van der Waals surface area contributed by atoms with Gasteiger partial charge in [-0.05, 0) is 5.41 Å². The molecule has 0 saturated carbocycles. The highest BCUT2D eigenvalue weighted by atomic mass is 16.4. The maximum absolute atomic E-state index is 11.9. The summed E-state index contributed by atoms with van der Waals surface area (Å²) in [5.41, 5.74) is 1.90. The predicted octanol–water partition coefficient (Wildman–Crippen LogP) is 3.74. The quantitative estimate of drug-likeness (QED) is 0.915. The van der Waals surface area contributed by atoms with E-state index in [1.165, 1.54) is 0 Å². The van der Waals surface area contributed by atoms with E-state index in [9.17, 15) is 4.79 Å². The number of oxazole rings is 1. The summed E-state index contributed by atoms with van der Waals surface area (Å²) in [4.78, 5) is 16.3. The van der Waals surface area contributed by atoms with Crippen LogP contribution in [0.1, 0.15) is 38.8 Å². The predicted molar refractivity (Wildman–Crippen MR) is 87.5 cm³/mol. The molecular formula is C18H24N2O2. The fourth-order valence-corrected chi connectivity index (χ4v) is 2.32. The number of nitrogens with zero attached hydrogens (tertiary/aromatic N) is 1. The zero-order valence-electron chi connectivity index (χ0n) is 13.8. The summed E-state index contributed by atoms with van der Waals surface area (Å²) < 4.78 is 5.69. The molecule has 2 rings (SSSR count). The highest BCUT2D eigenvalue weighted by molar-refractivity contribution is 5.76. The molecule has 0 aliphatic carbocycles. The van der Waals surface area contributed by atoms with Crippen LogP contribution in [0.15, 0.2) is 34.7 Å². The van der Waals surface area contributed by atoms with Gasteiger partial charge in [0.1, 0.15) is 11.5 Å². The van der Waals surface area contributed by atoms with E-state index in [0.29, 0.717) is 25.3 Å². The lowest BCUT2D eigenvalue weighted by Gasteiger charge is -2.17. The first-order valence-electron chi connectivity index (χ1n) is 7.63. The van der Waals surface area contributed by atoms with Crippen molar-refractivity contribution >= 4 is 5.91 Å². The molecule has 1 amide bonds. The third-order valence-electron chi connectivity index (χ3n) is 3.22. The lowest BCUT2D eigenvalue weighted by atomic mass is 9.92. The van der Waals surface area contributed by atoms with E-state index in [0.717, 1.165) is 17.0 Å². The van der Waals surface area contributed by atoms with Gasteiger partial charge < -0.3 is 9.73 Å². The second kappa shape index (κ2) is 6.77. The molecular weight excluding hydrogens is 276 g/mol. The van der Waals surface area contributed by atoms with E-state index >= 15 is 0 Å². The van der Waals surface area contributed by atoms with E-state index in [2.05, 4.69) is 31.1 Å². The average Bonchev–Trinajstić information content (AvgIpc) is 2.79. The summed E-state index contributed by atoms with van der Waals surface area (Å²) >= 11 is 0. The lowest BCUT2D eigenvalue weighted by molar-refractivity contribution is -0.122. The highest BCUT2D eigenvalue weighted by Crippen LogP contribution is 2.24. The van der Waals surface area contributed by atoms with Crippen molar-refractivity contribution in [2.45, 2.75) is 40.5 Å². The van der Waals surface area contributed by atoms with Crippen LogP contribution in [0, 0.1) is 12.3 Å². The number of aromatic nitrogens is 1. The molecule has 0 aliphatic rings. The van der Waals surface area contributed by atoms with Gasteiger partial charge in [-0.25, -0.2) is 4.98 Å². The first kappa shape index (κ1) is 16.3. The molecule has 4 heteroatoms. The number of amides is 1. The minimum Gasteiger partial charge on any atom is -0.445 e. The SMILES string of the molecule is Cc1nc(-c2ccccc2)c(CCNC(=O)CC(C)(C)C)o1. The largest absolute Gasteiger partial charge is 0.445 e. The van der Waals surface area contributed by atoms with Gasteiger partial charge in [0.25, 0.3) is 0 Å². The molecule has 2 aromatic rings. The van der Waals surface area contributed by atoms with Gasteiger partial charge in [-0.15, -0.1) is 0 Å². The van der Waals surface area contributed by atoms with Gasteiger partial charge in [-0.2, -0.15) is 0 Å². The van der Waals surface area contributed by atoms with Crippen LogP contribution in [0.4, 0.5) is 0 Å². The first-order chi connectivity index (χ1) is 10.3. The highest BCUT2D eigenvalue weighted by Gasteiger charge is 2.16. The molecule has 118 valence electrons. The Labute approximate surface area is 131 Å². The Morgan fingerprint density at radius 2 is 1.91 bits per heavy atom. The molecule has 0 fully saturated rings. The molecule has 0 saturated heterocycles. The topological polar surface area (TPSA) is 55.1 Å². The molecule has 1 aromatic carbocycles. The zero-order valence-corrected chi connectivity index (χ0v) is 13.8. The van der Waals surface area contributed by atoms with Crippen molar-refractivity contribution in [3.63, 3.8) is 0 Å². The Morgan fingerprint density at radius 3 is 2.55 bits per heavy atom. The third kappa shape index (κ3) is 4.72. The first-order valence-corrected chi connectivity index (χ1v) is 7.63. The van der Waals surface area contributed by atoms with Crippen molar-refractivity contribution in [1.82, 2.24) is 10.3 Å². The van der Waals surface area contributed by atoms with E-state index in [-0.39, 0.29) is 11.3 Å². The van der Waals surface area contributed by atoms with Crippen LogP contribution in [0.25, 0.3) is 11.3 Å². The Kier molecular flexibility index (Phi) is 5.01. The Hall–Kier alpha value is -2.10. The molecule has 0 radical (unpaired) electrons. The number of benzene rings is 1. The second-order valence-electron chi connectivity index (χ2n) is 6.71. The van der Waals surface area contributed by atoms with Gasteiger partial charge in [0.2, 0.25) is 5.91 Å². The van der Waals surface area contributed by atoms with Gasteiger partial charge in [-0.1, -0.05) is 51.1 Å². The second-order valence-corrected chi connectivity index (χ2v) is 6.71. The number of nitrogens with one attached hydrogen (secondary N) is 1. The summed E-state index contributed by atoms with van der Waals surface area (Å²) in [5, 5.41) is 2.95. The number of hydrogen-bond acceptors (Lipinski definition) is 3. The average molecular weight is 300 g/mol. The fraction of sp³-hybridized carbons (Fsp3) is 0.444. The molecule has 0 bridgehead atoms. The molecule has 22 heavy (non-hydrogen) atoms. The molecule has 0 atom stereocenters. The maximum Gasteiger partial charge on any atom is 0.220 e. The summed E-state index contributed by atoms with van der Waals surface area (Å²) in [6.07, 6.45) is 1.16. The van der Waals surface area contributed by atoms with Gasteiger partial charge in [-0.3, -0.25) is 4.79 Å². The van der Waals surface area contributed by atoms with Gasteiger partial charge in [0, 0.05) is 31.9 Å². The minimum atomic E-state index is 0.00209. The van der Waals surface area contributed by atoms with Crippen molar-refractivity contribution < 1.29 is 9.21 Å². The van der Waals surface area contributed by atoms with E-state index in [1.54, 1.807) is 0 Å². The summed E-state index contributed by atoms with van der Waals surface area (Å²) in [6, 6.07) is 9.96. The summed E-state index contributed by atoms with van der Waals surface area (Å²) in [6.45, 7) is 8.57. The Bertz CT molecular complexity index is 624. The van der Waals surface area contributed by atoms with Crippen LogP contribution >= 0.6 is 0 Å². The fourth-order valence-electron chi connectivity index (χ4n) is 2.32.